The smallest absolute Gasteiger partial charge is 0.0551 e. The van der Waals surface area contributed by atoms with E-state index in [0.29, 0.717) is 30.2 Å². The van der Waals surface area contributed by atoms with Crippen molar-refractivity contribution < 1.29 is 6.85 Å². The SMILES string of the molecule is [2H]c1c(C)c2c(C)c([2H])c(C)c3c4c(C)c5c(C)c6c(c(C)c5c(C)c4c(c1C)c23)c1c(C)c([2H])c(C)c2c3c(C)c(C)c(C)c(C)c3c(C)c6c21.[2H]c1c(C)c2c3c(c(C)c([2H])c(C)c3c1C)-c1c-2c2c(C)c(C)c(C)c3c(C)c(C)c4c(C)c(C)c(C)c1c4c32. The third kappa shape index (κ3) is 6.31. The summed E-state index contributed by atoms with van der Waals surface area (Å²) in [7, 11) is 0. The van der Waals surface area contributed by atoms with Gasteiger partial charge in [0.05, 0.1) is 6.85 Å². The Morgan fingerprint density at radius 1 is 0.126 bits per heavy atom. The fourth-order valence-electron chi connectivity index (χ4n) is 19.5. The number of rotatable bonds is 0. The second-order valence-corrected chi connectivity index (χ2v) is 28.0. The van der Waals surface area contributed by atoms with Gasteiger partial charge in [-0.1, -0.05) is 30.2 Å². The quantitative estimate of drug-likeness (QED) is 0.133. The molecule has 1 aliphatic carbocycles. The predicted molar refractivity (Wildman–Crippen MR) is 389 cm³/mol. The first kappa shape index (κ1) is 50.2. The van der Waals surface area contributed by atoms with Gasteiger partial charge >= 0.3 is 0 Å². The van der Waals surface area contributed by atoms with Crippen LogP contribution in [0.15, 0.2) is 30.2 Å². The second kappa shape index (κ2) is 17.7. The van der Waals surface area contributed by atoms with Crippen LogP contribution in [-0.2, 0) is 0 Å². The zero-order chi connectivity index (χ0) is 66.6. The first-order valence-corrected chi connectivity index (χ1v) is 32.0. The molecule has 0 amide bonds. The van der Waals surface area contributed by atoms with E-state index in [1.807, 2.05) is 0 Å². The van der Waals surface area contributed by atoms with Gasteiger partial charge in [-0.3, -0.25) is 0 Å². The topological polar surface area (TPSA) is 0 Å². The lowest BCUT2D eigenvalue weighted by molar-refractivity contribution is 1.25. The molecule has 87 heavy (non-hydrogen) atoms. The highest BCUT2D eigenvalue weighted by molar-refractivity contribution is 6.43. The molecular weight excluding hydrogens is 1040 g/mol. The van der Waals surface area contributed by atoms with Crippen LogP contribution in [0.25, 0.3) is 152 Å². The van der Waals surface area contributed by atoms with Gasteiger partial charge in [-0.15, -0.1) is 0 Å². The highest BCUT2D eigenvalue weighted by atomic mass is 14.4. The van der Waals surface area contributed by atoms with E-state index in [9.17, 15) is 6.85 Å². The minimum absolute atomic E-state index is 0.585. The Morgan fingerprint density at radius 3 is 0.632 bits per heavy atom. The van der Waals surface area contributed by atoms with Gasteiger partial charge in [0.2, 0.25) is 0 Å². The molecule has 0 saturated carbocycles. The number of hydrogen-bond acceptors (Lipinski definition) is 0. The molecule has 0 atom stereocenters. The summed E-state index contributed by atoms with van der Waals surface area (Å²) in [4.78, 5) is 0. The summed E-state index contributed by atoms with van der Waals surface area (Å²) in [5, 5.41) is 30.9. The molecule has 0 radical (unpaired) electrons. The van der Waals surface area contributed by atoms with Crippen molar-refractivity contribution in [3.05, 3.63) is 180 Å². The number of benzene rings is 13. The third-order valence-corrected chi connectivity index (χ3v) is 23.9. The molecule has 15 aromatic rings. The Balaban J connectivity index is 0.000000158. The van der Waals surface area contributed by atoms with E-state index in [4.69, 9.17) is 0 Å². The van der Waals surface area contributed by atoms with Gasteiger partial charge in [-0.05, 0) is 489 Å². The zero-order valence-electron chi connectivity index (χ0n) is 62.0. The van der Waals surface area contributed by atoms with E-state index >= 15 is 0 Å². The van der Waals surface area contributed by atoms with Crippen molar-refractivity contribution in [1.82, 2.24) is 0 Å². The Bertz CT molecular complexity index is 6030. The lowest BCUT2D eigenvalue weighted by Crippen LogP contribution is -2.04. The van der Waals surface area contributed by atoms with Gasteiger partial charge in [0.15, 0.2) is 0 Å². The fourth-order valence-corrected chi connectivity index (χ4v) is 19.5. The average molecular weight is 1140 g/mol. The maximum absolute atomic E-state index is 9.57. The summed E-state index contributed by atoms with van der Waals surface area (Å²) in [6, 6.07) is 3.04. The van der Waals surface area contributed by atoms with Crippen LogP contribution in [0, 0.1) is 187 Å². The summed E-state index contributed by atoms with van der Waals surface area (Å²) in [6.07, 6.45) is 0. The van der Waals surface area contributed by atoms with E-state index in [-0.39, 0.29) is 0 Å². The molecule has 0 heterocycles. The van der Waals surface area contributed by atoms with Crippen molar-refractivity contribution in [2.75, 3.05) is 0 Å². The molecule has 0 N–H and O–H groups in total. The Hall–Kier alpha value is -7.80. The van der Waals surface area contributed by atoms with Gasteiger partial charge in [0, 0.05) is 0 Å². The van der Waals surface area contributed by atoms with Crippen LogP contribution in [0.4, 0.5) is 0 Å². The van der Waals surface area contributed by atoms with Crippen LogP contribution in [0.5, 0.6) is 0 Å². The molecule has 0 fully saturated rings. The maximum atomic E-state index is 9.57. The molecule has 0 nitrogen and oxygen atoms in total. The molecule has 16 rings (SSSR count). The number of aryl methyl sites for hydroxylation is 21. The molecule has 0 aliphatic heterocycles. The number of fused-ring (bicyclic) bond motifs is 14. The Kier molecular flexibility index (Phi) is 10.2. The van der Waals surface area contributed by atoms with E-state index in [0.717, 1.165) is 66.4 Å². The van der Waals surface area contributed by atoms with Gasteiger partial charge in [-0.2, -0.15) is 0 Å². The van der Waals surface area contributed by atoms with E-state index in [1.54, 1.807) is 0 Å². The van der Waals surface area contributed by atoms with Crippen LogP contribution in [0.1, 0.15) is 157 Å². The largest absolute Gasteiger partial charge is 0.0629 e. The second-order valence-electron chi connectivity index (χ2n) is 28.0. The van der Waals surface area contributed by atoms with Crippen molar-refractivity contribution >= 4 is 129 Å². The number of hydrogen-bond donors (Lipinski definition) is 0. The van der Waals surface area contributed by atoms with Crippen molar-refractivity contribution in [1.29, 1.82) is 0 Å². The molecule has 0 unspecified atom stereocenters. The molecule has 0 aromatic heterocycles. The van der Waals surface area contributed by atoms with E-state index in [2.05, 4.69) is 187 Å². The van der Waals surface area contributed by atoms with Crippen LogP contribution in [0.2, 0.25) is 0 Å². The average Bonchev–Trinajstić information content (AvgIpc) is 1.45. The first-order chi connectivity index (χ1) is 43.1. The molecule has 0 heteroatoms. The zero-order valence-corrected chi connectivity index (χ0v) is 57.0. The van der Waals surface area contributed by atoms with Crippen molar-refractivity contribution in [3.8, 4) is 22.3 Å². The van der Waals surface area contributed by atoms with Crippen molar-refractivity contribution in [3.63, 3.8) is 0 Å². The van der Waals surface area contributed by atoms with E-state index < -0.39 is 0 Å². The summed E-state index contributed by atoms with van der Waals surface area (Å²) in [6.45, 7) is 60.3. The highest BCUT2D eigenvalue weighted by Gasteiger charge is 2.36. The summed E-state index contributed by atoms with van der Waals surface area (Å²) < 4.78 is 46.6. The standard InChI is InChI=1S/C49H48.C38H38/c1-19-16-21(3)36-43-30(12)40-32(14)45-38-24(6)18-23(5)35-42-28(10)26(8)25(7)27(9)39(42)29(11)47(49(35)38)46(45)33(15)41(40)31(13)44(43)37-22(4)17-20(2)34(19)48(36)37;1-15-13-17(3)28-34-27(15)16(2)14-18(4)29(34)36-33-24(10)20(6)22(8)31-26(12)25(11)30-21(7)19(5)23(9)32(35(28)36)37(30)38(31)33/h16-18H,1-15H3;13-14H,1-12H3/i16D,17D,18D;13D,14D. The molecule has 0 saturated heterocycles. The van der Waals surface area contributed by atoms with Crippen LogP contribution in [0.3, 0.4) is 0 Å². The fraction of sp³-hybridized carbons (Fsp3) is 0.310. The molecule has 0 spiro atoms. The Labute approximate surface area is 523 Å². The van der Waals surface area contributed by atoms with E-state index in [1.165, 1.54) is 235 Å². The highest BCUT2D eigenvalue weighted by Crippen LogP contribution is 2.62. The van der Waals surface area contributed by atoms with Gasteiger partial charge < -0.3 is 0 Å². The predicted octanol–water partition coefficient (Wildman–Crippen LogP) is 25.5. The van der Waals surface area contributed by atoms with Crippen molar-refractivity contribution in [2.24, 2.45) is 0 Å². The first-order valence-electron chi connectivity index (χ1n) is 34.5. The molecular formula is C87H86. The molecule has 1 aliphatic rings. The molecule has 0 bridgehead atoms. The van der Waals surface area contributed by atoms with Crippen LogP contribution >= 0.6 is 0 Å². The molecule has 434 valence electrons. The minimum Gasteiger partial charge on any atom is -0.0551 e. The summed E-state index contributed by atoms with van der Waals surface area (Å²) in [5.41, 5.74) is 38.1. The lowest BCUT2D eigenvalue weighted by Gasteiger charge is -2.27. The Morgan fingerprint density at radius 2 is 0.299 bits per heavy atom. The lowest BCUT2D eigenvalue weighted by atomic mass is 9.76. The monoisotopic (exact) mass is 1140 g/mol. The van der Waals surface area contributed by atoms with Crippen LogP contribution < -0.4 is 0 Å². The summed E-state index contributed by atoms with van der Waals surface area (Å²) >= 11 is 0. The normalized spacial score (nSPS) is 13.6. The van der Waals surface area contributed by atoms with Gasteiger partial charge in [0.1, 0.15) is 0 Å². The summed E-state index contributed by atoms with van der Waals surface area (Å²) in [5.74, 6) is 0. The molecule has 15 aromatic carbocycles. The maximum Gasteiger partial charge on any atom is 0.0629 e. The van der Waals surface area contributed by atoms with Gasteiger partial charge in [0.25, 0.3) is 0 Å². The minimum atomic E-state index is 0.585. The van der Waals surface area contributed by atoms with Crippen molar-refractivity contribution in [2.45, 2.75) is 187 Å². The third-order valence-electron chi connectivity index (χ3n) is 23.9. The van der Waals surface area contributed by atoms with Crippen LogP contribution in [-0.4, -0.2) is 0 Å². The van der Waals surface area contributed by atoms with Gasteiger partial charge in [-0.25, -0.2) is 0 Å².